The Balaban J connectivity index is 2.49. The Morgan fingerprint density at radius 3 is 2.60 bits per heavy atom. The van der Waals surface area contributed by atoms with E-state index in [0.717, 1.165) is 0 Å². The molecule has 0 saturated carbocycles. The van der Waals surface area contributed by atoms with Crippen LogP contribution in [0.1, 0.15) is 13.3 Å². The van der Waals surface area contributed by atoms with Gasteiger partial charge in [-0.1, -0.05) is 15.9 Å². The van der Waals surface area contributed by atoms with Crippen molar-refractivity contribution in [3.8, 4) is 0 Å². The van der Waals surface area contributed by atoms with E-state index in [0.29, 0.717) is 6.42 Å². The molecule has 1 unspecified atom stereocenters. The molecule has 1 aliphatic heterocycles. The first-order valence-electron chi connectivity index (χ1n) is 3.27. The van der Waals surface area contributed by atoms with Crippen molar-refractivity contribution >= 4 is 15.9 Å². The van der Waals surface area contributed by atoms with E-state index in [-0.39, 0.29) is 11.1 Å². The maximum Gasteiger partial charge on any atom is 0.115 e. The van der Waals surface area contributed by atoms with E-state index < -0.39 is 12.2 Å². The molecule has 1 saturated heterocycles. The van der Waals surface area contributed by atoms with Crippen molar-refractivity contribution in [1.29, 1.82) is 0 Å². The molecule has 4 heteroatoms. The first kappa shape index (κ1) is 8.46. The Labute approximate surface area is 68.1 Å². The molecular weight excluding hydrogens is 200 g/mol. The van der Waals surface area contributed by atoms with Crippen LogP contribution in [0, 0.1) is 0 Å². The third-order valence-corrected chi connectivity index (χ3v) is 2.25. The van der Waals surface area contributed by atoms with Gasteiger partial charge >= 0.3 is 0 Å². The predicted octanol–water partition coefficient (Wildman–Crippen LogP) is 0.238. The van der Waals surface area contributed by atoms with E-state index in [1.807, 2.05) is 0 Å². The third-order valence-electron chi connectivity index (χ3n) is 1.66. The normalized spacial score (nSPS) is 49.2. The van der Waals surface area contributed by atoms with Gasteiger partial charge in [0.2, 0.25) is 0 Å². The van der Waals surface area contributed by atoms with E-state index in [1.54, 1.807) is 6.92 Å². The second kappa shape index (κ2) is 3.17. The van der Waals surface area contributed by atoms with E-state index in [1.165, 1.54) is 0 Å². The lowest BCUT2D eigenvalue weighted by atomic mass is 10.0. The van der Waals surface area contributed by atoms with E-state index in [9.17, 15) is 0 Å². The summed E-state index contributed by atoms with van der Waals surface area (Å²) in [6, 6.07) is 0. The molecule has 0 aromatic carbocycles. The molecule has 60 valence electrons. The van der Waals surface area contributed by atoms with Gasteiger partial charge < -0.3 is 14.9 Å². The number of halogens is 1. The summed E-state index contributed by atoms with van der Waals surface area (Å²) in [6.45, 7) is 1.74. The van der Waals surface area contributed by atoms with Crippen molar-refractivity contribution in [2.45, 2.75) is 36.7 Å². The number of hydrogen-bond donors (Lipinski definition) is 2. The minimum Gasteiger partial charge on any atom is -0.390 e. The molecule has 0 amide bonds. The van der Waals surface area contributed by atoms with Crippen LogP contribution in [-0.4, -0.2) is 33.5 Å². The molecule has 10 heavy (non-hydrogen) atoms. The summed E-state index contributed by atoms with van der Waals surface area (Å²) in [5.41, 5.74) is 0. The predicted molar refractivity (Wildman–Crippen MR) is 39.9 cm³/mol. The third kappa shape index (κ3) is 1.69. The van der Waals surface area contributed by atoms with Crippen molar-refractivity contribution in [2.24, 2.45) is 0 Å². The van der Waals surface area contributed by atoms with Crippen LogP contribution in [0.25, 0.3) is 0 Å². The fourth-order valence-electron chi connectivity index (χ4n) is 1.01. The largest absolute Gasteiger partial charge is 0.390 e. The fraction of sp³-hybridized carbons (Fsp3) is 1.00. The minimum absolute atomic E-state index is 0.124. The first-order valence-corrected chi connectivity index (χ1v) is 4.18. The summed E-state index contributed by atoms with van der Waals surface area (Å²) in [6.07, 6.45) is -1.24. The zero-order valence-electron chi connectivity index (χ0n) is 5.70. The highest BCUT2D eigenvalue weighted by Crippen LogP contribution is 2.23. The molecule has 0 aliphatic carbocycles. The van der Waals surface area contributed by atoms with Crippen LogP contribution in [0.5, 0.6) is 0 Å². The van der Waals surface area contributed by atoms with Crippen LogP contribution in [0.15, 0.2) is 0 Å². The quantitative estimate of drug-likeness (QED) is 0.564. The number of alkyl halides is 1. The van der Waals surface area contributed by atoms with Gasteiger partial charge in [-0.2, -0.15) is 0 Å². The lowest BCUT2D eigenvalue weighted by Crippen LogP contribution is -2.44. The average molecular weight is 211 g/mol. The second-order valence-corrected chi connectivity index (χ2v) is 3.57. The van der Waals surface area contributed by atoms with Gasteiger partial charge in [0.15, 0.2) is 0 Å². The van der Waals surface area contributed by atoms with Gasteiger partial charge in [-0.05, 0) is 6.92 Å². The highest BCUT2D eigenvalue weighted by atomic mass is 79.9. The van der Waals surface area contributed by atoms with Gasteiger partial charge in [0, 0.05) is 6.42 Å². The molecule has 1 heterocycles. The topological polar surface area (TPSA) is 49.7 Å². The maximum atomic E-state index is 9.17. The van der Waals surface area contributed by atoms with Gasteiger partial charge in [-0.25, -0.2) is 0 Å². The Morgan fingerprint density at radius 2 is 2.10 bits per heavy atom. The summed E-state index contributed by atoms with van der Waals surface area (Å²) in [5, 5.41) is 18.2. The standard InChI is InChI=1S/C6H11BrO3/c1-3-6(9)4(8)2-5(7)10-3/h3-6,8-9H,2H2,1H3/t3-,4-,5?,6+/m0/s1. The van der Waals surface area contributed by atoms with Crippen molar-refractivity contribution in [3.05, 3.63) is 0 Å². The lowest BCUT2D eigenvalue weighted by Gasteiger charge is -2.32. The van der Waals surface area contributed by atoms with Crippen molar-refractivity contribution in [1.82, 2.24) is 0 Å². The second-order valence-electron chi connectivity index (χ2n) is 2.54. The molecule has 0 spiro atoms. The number of hydrogen-bond acceptors (Lipinski definition) is 3. The Hall–Kier alpha value is 0.360. The molecule has 0 bridgehead atoms. The first-order chi connectivity index (χ1) is 4.61. The van der Waals surface area contributed by atoms with Gasteiger partial charge in [-0.3, -0.25) is 0 Å². The zero-order valence-corrected chi connectivity index (χ0v) is 7.28. The number of rotatable bonds is 0. The van der Waals surface area contributed by atoms with E-state index in [4.69, 9.17) is 14.9 Å². The Kier molecular flexibility index (Phi) is 2.68. The lowest BCUT2D eigenvalue weighted by molar-refractivity contribution is -0.135. The molecule has 0 radical (unpaired) electrons. The van der Waals surface area contributed by atoms with Crippen molar-refractivity contribution < 1.29 is 14.9 Å². The molecule has 0 aromatic rings. The molecule has 1 rings (SSSR count). The van der Waals surface area contributed by atoms with Crippen LogP contribution in [-0.2, 0) is 4.74 Å². The Bertz CT molecular complexity index is 108. The molecule has 1 fully saturated rings. The zero-order chi connectivity index (χ0) is 7.72. The highest BCUT2D eigenvalue weighted by molar-refractivity contribution is 9.09. The molecular formula is C6H11BrO3. The maximum absolute atomic E-state index is 9.17. The number of ether oxygens (including phenoxy) is 1. The molecule has 2 N–H and O–H groups in total. The van der Waals surface area contributed by atoms with Crippen LogP contribution < -0.4 is 0 Å². The monoisotopic (exact) mass is 210 g/mol. The molecule has 4 atom stereocenters. The summed E-state index contributed by atoms with van der Waals surface area (Å²) >= 11 is 3.20. The summed E-state index contributed by atoms with van der Waals surface area (Å²) in [4.78, 5) is 0. The fourth-order valence-corrected chi connectivity index (χ4v) is 1.73. The smallest absolute Gasteiger partial charge is 0.115 e. The van der Waals surface area contributed by atoms with E-state index in [2.05, 4.69) is 15.9 Å². The van der Waals surface area contributed by atoms with Crippen LogP contribution >= 0.6 is 15.9 Å². The SMILES string of the molecule is C[C@@H]1OC(Br)C[C@H](O)[C@@H]1O. The summed E-state index contributed by atoms with van der Waals surface area (Å²) in [5.74, 6) is 0. The van der Waals surface area contributed by atoms with Crippen LogP contribution in [0.2, 0.25) is 0 Å². The van der Waals surface area contributed by atoms with Gasteiger partial charge in [0.1, 0.15) is 11.1 Å². The van der Waals surface area contributed by atoms with Crippen LogP contribution in [0.4, 0.5) is 0 Å². The molecule has 3 nitrogen and oxygen atoms in total. The highest BCUT2D eigenvalue weighted by Gasteiger charge is 2.32. The average Bonchev–Trinajstić information content (AvgIpc) is 1.82. The van der Waals surface area contributed by atoms with Crippen molar-refractivity contribution in [3.63, 3.8) is 0 Å². The van der Waals surface area contributed by atoms with E-state index >= 15 is 0 Å². The minimum atomic E-state index is -0.742. The molecule has 1 aliphatic rings. The van der Waals surface area contributed by atoms with Crippen LogP contribution in [0.3, 0.4) is 0 Å². The Morgan fingerprint density at radius 1 is 1.50 bits per heavy atom. The van der Waals surface area contributed by atoms with Gasteiger partial charge in [0.25, 0.3) is 0 Å². The number of aliphatic hydroxyl groups excluding tert-OH is 2. The summed E-state index contributed by atoms with van der Waals surface area (Å²) in [7, 11) is 0. The van der Waals surface area contributed by atoms with Gasteiger partial charge in [0.05, 0.1) is 12.2 Å². The number of aliphatic hydroxyl groups is 2. The summed E-state index contributed by atoms with van der Waals surface area (Å²) < 4.78 is 5.18. The molecule has 0 aromatic heterocycles. The van der Waals surface area contributed by atoms with Gasteiger partial charge in [-0.15, -0.1) is 0 Å². The van der Waals surface area contributed by atoms with Crippen molar-refractivity contribution in [2.75, 3.05) is 0 Å².